The highest BCUT2D eigenvalue weighted by Gasteiger charge is 2.34. The fourth-order valence-electron chi connectivity index (χ4n) is 3.84. The van der Waals surface area contributed by atoms with Crippen LogP contribution in [0, 0.1) is 5.82 Å². The minimum absolute atomic E-state index is 0.0171. The van der Waals surface area contributed by atoms with E-state index in [9.17, 15) is 14.0 Å². The molecule has 0 fully saturated rings. The summed E-state index contributed by atoms with van der Waals surface area (Å²) < 4.78 is 31.3. The third-order valence-corrected chi connectivity index (χ3v) is 6.45. The number of fused-ring (bicyclic) bond motifs is 1. The van der Waals surface area contributed by atoms with Crippen molar-refractivity contribution < 1.29 is 23.4 Å². The van der Waals surface area contributed by atoms with Gasteiger partial charge in [0.05, 0.1) is 36.1 Å². The third kappa shape index (κ3) is 4.67. The average molecular weight is 495 g/mol. The van der Waals surface area contributed by atoms with Gasteiger partial charge in [0.2, 0.25) is 0 Å². The predicted octanol–water partition coefficient (Wildman–Crippen LogP) is 3.12. The molecule has 3 aromatic rings. The number of halogens is 1. The maximum Gasteiger partial charge on any atom is 0.338 e. The summed E-state index contributed by atoms with van der Waals surface area (Å²) in [7, 11) is 3.04. The van der Waals surface area contributed by atoms with Gasteiger partial charge >= 0.3 is 5.97 Å². The molecule has 0 saturated heterocycles. The molecule has 0 unspecified atom stereocenters. The van der Waals surface area contributed by atoms with Gasteiger partial charge in [0, 0.05) is 0 Å². The Hall–Kier alpha value is -3.98. The average Bonchev–Trinajstić information content (AvgIpc) is 3.16. The molecule has 0 radical (unpaired) electrons. The number of esters is 1. The van der Waals surface area contributed by atoms with E-state index in [1.54, 1.807) is 43.3 Å². The monoisotopic (exact) mass is 494 g/mol. The summed E-state index contributed by atoms with van der Waals surface area (Å²) >= 11 is 1.19. The number of rotatable bonds is 7. The van der Waals surface area contributed by atoms with Crippen LogP contribution in [0.4, 0.5) is 4.39 Å². The lowest BCUT2D eigenvalue weighted by molar-refractivity contribution is -0.138. The molecule has 2 heterocycles. The molecule has 4 rings (SSSR count). The van der Waals surface area contributed by atoms with E-state index in [0.29, 0.717) is 37.7 Å². The standard InChI is InChI=1S/C26H23FN2O5S/c1-5-12-34-25(31)22-15(2)28-26-29(23(22)17-8-11-19(32-3)20(14-17)33-4)24(30)21(35-26)13-16-6-9-18(27)10-7-16/h5-11,13-14,23H,1,12H2,2-4H3/b21-13-/t23-/m1/s1. The maximum atomic E-state index is 13.6. The van der Waals surface area contributed by atoms with Crippen LogP contribution < -0.4 is 24.4 Å². The highest BCUT2D eigenvalue weighted by molar-refractivity contribution is 7.07. The lowest BCUT2D eigenvalue weighted by Gasteiger charge is -2.25. The molecule has 0 aliphatic carbocycles. The Kier molecular flexibility index (Phi) is 6.97. The number of ether oxygens (including phenoxy) is 3. The Morgan fingerprint density at radius 1 is 1.17 bits per heavy atom. The first-order chi connectivity index (χ1) is 16.9. The second kappa shape index (κ2) is 10.1. The molecule has 180 valence electrons. The van der Waals surface area contributed by atoms with Crippen molar-refractivity contribution in [3.8, 4) is 11.5 Å². The molecule has 1 aliphatic heterocycles. The number of hydrogen-bond acceptors (Lipinski definition) is 7. The van der Waals surface area contributed by atoms with Crippen LogP contribution in [0.25, 0.3) is 6.08 Å². The van der Waals surface area contributed by atoms with Gasteiger partial charge in [0.15, 0.2) is 16.3 Å². The van der Waals surface area contributed by atoms with E-state index >= 15 is 0 Å². The van der Waals surface area contributed by atoms with Gasteiger partial charge in [0.1, 0.15) is 12.4 Å². The maximum absolute atomic E-state index is 13.6. The van der Waals surface area contributed by atoms with Gasteiger partial charge in [-0.15, -0.1) is 0 Å². The summed E-state index contributed by atoms with van der Waals surface area (Å²) in [6.45, 7) is 5.31. The van der Waals surface area contributed by atoms with Crippen LogP contribution in [0.2, 0.25) is 0 Å². The number of thiazole rings is 1. The van der Waals surface area contributed by atoms with Gasteiger partial charge in [0.25, 0.3) is 5.56 Å². The summed E-state index contributed by atoms with van der Waals surface area (Å²) in [5, 5.41) is 0. The molecular weight excluding hydrogens is 471 g/mol. The minimum atomic E-state index is -0.807. The van der Waals surface area contributed by atoms with Crippen molar-refractivity contribution in [1.82, 2.24) is 4.57 Å². The van der Waals surface area contributed by atoms with Crippen LogP contribution in [-0.2, 0) is 9.53 Å². The third-order valence-electron chi connectivity index (χ3n) is 5.46. The van der Waals surface area contributed by atoms with E-state index in [-0.39, 0.29) is 23.6 Å². The molecule has 0 saturated carbocycles. The number of hydrogen-bond donors (Lipinski definition) is 0. The van der Waals surface area contributed by atoms with Gasteiger partial charge in [-0.2, -0.15) is 0 Å². The number of allylic oxidation sites excluding steroid dienone is 1. The minimum Gasteiger partial charge on any atom is -0.493 e. The summed E-state index contributed by atoms with van der Waals surface area (Å²) in [5.41, 5.74) is 1.63. The van der Waals surface area contributed by atoms with Crippen molar-refractivity contribution in [2.75, 3.05) is 20.8 Å². The molecule has 1 atom stereocenters. The quantitative estimate of drug-likeness (QED) is 0.373. The molecule has 2 aromatic carbocycles. The van der Waals surface area contributed by atoms with Crippen LogP contribution in [0.3, 0.4) is 0 Å². The lowest BCUT2D eigenvalue weighted by Crippen LogP contribution is -2.40. The summed E-state index contributed by atoms with van der Waals surface area (Å²) in [6, 6.07) is 10.2. The van der Waals surface area contributed by atoms with Gasteiger partial charge in [-0.05, 0) is 48.4 Å². The summed E-state index contributed by atoms with van der Waals surface area (Å²) in [6.07, 6.45) is 3.14. The van der Waals surface area contributed by atoms with Crippen LogP contribution in [-0.4, -0.2) is 31.4 Å². The van der Waals surface area contributed by atoms with E-state index in [1.165, 1.54) is 48.3 Å². The van der Waals surface area contributed by atoms with E-state index in [0.717, 1.165) is 0 Å². The summed E-state index contributed by atoms with van der Waals surface area (Å²) in [5.74, 6) is -0.00234. The first-order valence-corrected chi connectivity index (χ1v) is 11.5. The first kappa shape index (κ1) is 24.2. The zero-order chi connectivity index (χ0) is 25.1. The lowest BCUT2D eigenvalue weighted by atomic mass is 9.95. The molecule has 0 spiro atoms. The Balaban J connectivity index is 1.95. The van der Waals surface area contributed by atoms with E-state index < -0.39 is 12.0 Å². The number of carbonyl (C=O) groups is 1. The largest absolute Gasteiger partial charge is 0.493 e. The van der Waals surface area contributed by atoms with E-state index in [4.69, 9.17) is 14.2 Å². The molecule has 7 nitrogen and oxygen atoms in total. The number of aromatic nitrogens is 1. The number of benzene rings is 2. The van der Waals surface area contributed by atoms with Gasteiger partial charge in [-0.3, -0.25) is 9.36 Å². The Morgan fingerprint density at radius 2 is 1.89 bits per heavy atom. The van der Waals surface area contributed by atoms with Crippen molar-refractivity contribution in [2.45, 2.75) is 13.0 Å². The Bertz CT molecular complexity index is 1500. The van der Waals surface area contributed by atoms with Crippen molar-refractivity contribution in [3.05, 3.63) is 103 Å². The van der Waals surface area contributed by atoms with Crippen molar-refractivity contribution >= 4 is 23.4 Å². The fourth-order valence-corrected chi connectivity index (χ4v) is 4.89. The normalized spacial score (nSPS) is 15.3. The first-order valence-electron chi connectivity index (χ1n) is 10.7. The molecular formula is C26H23FN2O5S. The topological polar surface area (TPSA) is 79.1 Å². The van der Waals surface area contributed by atoms with Crippen LogP contribution in [0.1, 0.15) is 24.1 Å². The SMILES string of the molecule is C=CCOC(=O)C1=C(C)N=c2s/c(=C\c3ccc(F)cc3)c(=O)n2[C@@H]1c1ccc(OC)c(OC)c1. The highest BCUT2D eigenvalue weighted by Crippen LogP contribution is 2.36. The van der Waals surface area contributed by atoms with Gasteiger partial charge in [-0.1, -0.05) is 42.2 Å². The van der Waals surface area contributed by atoms with E-state index in [1.807, 2.05) is 0 Å². The van der Waals surface area contributed by atoms with Gasteiger partial charge < -0.3 is 14.2 Å². The Labute approximate surface area is 204 Å². The Morgan fingerprint density at radius 3 is 2.54 bits per heavy atom. The molecule has 0 amide bonds. The number of methoxy groups -OCH3 is 2. The molecule has 0 N–H and O–H groups in total. The molecule has 1 aliphatic rings. The predicted molar refractivity (Wildman–Crippen MR) is 131 cm³/mol. The van der Waals surface area contributed by atoms with Crippen LogP contribution in [0.15, 0.2) is 76.2 Å². The van der Waals surface area contributed by atoms with Crippen molar-refractivity contribution in [2.24, 2.45) is 4.99 Å². The number of nitrogens with zero attached hydrogens (tertiary/aromatic N) is 2. The molecule has 1 aromatic heterocycles. The van der Waals surface area contributed by atoms with Crippen LogP contribution in [0.5, 0.6) is 11.5 Å². The summed E-state index contributed by atoms with van der Waals surface area (Å²) in [4.78, 5) is 31.7. The smallest absolute Gasteiger partial charge is 0.338 e. The number of carbonyl (C=O) groups excluding carboxylic acids is 1. The van der Waals surface area contributed by atoms with Crippen LogP contribution >= 0.6 is 11.3 Å². The second-order valence-electron chi connectivity index (χ2n) is 7.63. The molecule has 35 heavy (non-hydrogen) atoms. The molecule has 9 heteroatoms. The highest BCUT2D eigenvalue weighted by atomic mass is 32.1. The van der Waals surface area contributed by atoms with Crippen molar-refractivity contribution in [3.63, 3.8) is 0 Å². The molecule has 0 bridgehead atoms. The zero-order valence-electron chi connectivity index (χ0n) is 19.4. The van der Waals surface area contributed by atoms with E-state index in [2.05, 4.69) is 11.6 Å². The zero-order valence-corrected chi connectivity index (χ0v) is 20.2. The fraction of sp³-hybridized carbons (Fsp3) is 0.192. The van der Waals surface area contributed by atoms with Gasteiger partial charge in [-0.25, -0.2) is 14.2 Å². The second-order valence-corrected chi connectivity index (χ2v) is 8.64. The van der Waals surface area contributed by atoms with Crippen molar-refractivity contribution in [1.29, 1.82) is 0 Å².